The second-order valence-electron chi connectivity index (χ2n) is 7.19. The lowest BCUT2D eigenvalue weighted by Crippen LogP contribution is -1.96. The van der Waals surface area contributed by atoms with Gasteiger partial charge < -0.3 is 19.5 Å². The quantitative estimate of drug-likeness (QED) is 0.288. The molecule has 6 nitrogen and oxygen atoms in total. The molecule has 0 atom stereocenters. The highest BCUT2D eigenvalue weighted by molar-refractivity contribution is 7.17. The van der Waals surface area contributed by atoms with Gasteiger partial charge in [0.25, 0.3) is 0 Å². The van der Waals surface area contributed by atoms with E-state index >= 15 is 0 Å². The molecule has 0 radical (unpaired) electrons. The number of nitrogens with one attached hydrogen (secondary N) is 1. The van der Waals surface area contributed by atoms with E-state index in [1.807, 2.05) is 72.8 Å². The molecule has 0 unspecified atom stereocenters. The lowest BCUT2D eigenvalue weighted by molar-refractivity contribution is 0.355. The summed E-state index contributed by atoms with van der Waals surface area (Å²) in [6, 6.07) is 23.4. The number of aromatic nitrogens is 2. The van der Waals surface area contributed by atoms with Crippen molar-refractivity contribution in [1.29, 1.82) is 0 Å². The fourth-order valence-electron chi connectivity index (χ4n) is 3.55. The lowest BCUT2D eigenvalue weighted by atomic mass is 10.1. The molecule has 0 bridgehead atoms. The van der Waals surface area contributed by atoms with Gasteiger partial charge in [0.1, 0.15) is 28.5 Å². The van der Waals surface area contributed by atoms with Crippen LogP contribution in [-0.4, -0.2) is 24.2 Å². The molecular formula is C26H21N3O3S. The van der Waals surface area contributed by atoms with Crippen LogP contribution in [0.5, 0.6) is 23.0 Å². The Bertz CT molecular complexity index is 1390. The first kappa shape index (κ1) is 20.8. The predicted octanol–water partition coefficient (Wildman–Crippen LogP) is 6.91. The van der Waals surface area contributed by atoms with E-state index in [-0.39, 0.29) is 0 Å². The predicted molar refractivity (Wildman–Crippen MR) is 132 cm³/mol. The second-order valence-corrected chi connectivity index (χ2v) is 8.04. The molecule has 0 amide bonds. The van der Waals surface area contributed by atoms with Crippen LogP contribution in [0.1, 0.15) is 0 Å². The van der Waals surface area contributed by atoms with Crippen molar-refractivity contribution in [3.63, 3.8) is 0 Å². The fraction of sp³-hybridized carbons (Fsp3) is 0.0769. The van der Waals surface area contributed by atoms with E-state index in [1.54, 1.807) is 31.9 Å². The number of ether oxygens (including phenoxy) is 3. The summed E-state index contributed by atoms with van der Waals surface area (Å²) >= 11 is 1.58. The van der Waals surface area contributed by atoms with Crippen molar-refractivity contribution < 1.29 is 14.2 Å². The molecule has 33 heavy (non-hydrogen) atoms. The summed E-state index contributed by atoms with van der Waals surface area (Å²) in [5, 5.41) is 6.47. The van der Waals surface area contributed by atoms with Gasteiger partial charge in [0.05, 0.1) is 19.6 Å². The van der Waals surface area contributed by atoms with Gasteiger partial charge >= 0.3 is 0 Å². The third-order valence-corrected chi connectivity index (χ3v) is 6.05. The van der Waals surface area contributed by atoms with E-state index < -0.39 is 0 Å². The molecule has 164 valence electrons. The van der Waals surface area contributed by atoms with Gasteiger partial charge in [-0.25, -0.2) is 9.97 Å². The Morgan fingerprint density at radius 1 is 0.788 bits per heavy atom. The molecule has 7 heteroatoms. The Morgan fingerprint density at radius 3 is 2.30 bits per heavy atom. The molecule has 3 aromatic carbocycles. The number of benzene rings is 3. The first-order valence-electron chi connectivity index (χ1n) is 10.3. The Balaban J connectivity index is 1.45. The summed E-state index contributed by atoms with van der Waals surface area (Å²) in [4.78, 5) is 9.89. The van der Waals surface area contributed by atoms with E-state index in [0.717, 1.165) is 44.3 Å². The van der Waals surface area contributed by atoms with Gasteiger partial charge in [-0.3, -0.25) is 0 Å². The highest BCUT2D eigenvalue weighted by Crippen LogP contribution is 2.40. The van der Waals surface area contributed by atoms with Gasteiger partial charge in [-0.05, 0) is 54.1 Å². The number of hydrogen-bond acceptors (Lipinski definition) is 7. The molecule has 1 N–H and O–H groups in total. The molecule has 5 aromatic rings. The minimum atomic E-state index is 0.676. The zero-order chi connectivity index (χ0) is 22.6. The molecule has 0 saturated heterocycles. The minimum absolute atomic E-state index is 0.676. The number of methoxy groups -OCH3 is 2. The van der Waals surface area contributed by atoms with Crippen LogP contribution in [0.15, 0.2) is 84.5 Å². The SMILES string of the molecule is COc1ccc(-c2csc3ncnc(Nc4ccc(Oc5ccccc5)cc4)c23)cc1OC. The molecule has 0 saturated carbocycles. The molecule has 2 aromatic heterocycles. The van der Waals surface area contributed by atoms with E-state index in [2.05, 4.69) is 20.7 Å². The minimum Gasteiger partial charge on any atom is -0.493 e. The number of para-hydroxylation sites is 1. The summed E-state index contributed by atoms with van der Waals surface area (Å²) in [6.07, 6.45) is 1.58. The van der Waals surface area contributed by atoms with Gasteiger partial charge in [-0.1, -0.05) is 24.3 Å². The first-order valence-corrected chi connectivity index (χ1v) is 11.2. The van der Waals surface area contributed by atoms with Crippen LogP contribution in [0, 0.1) is 0 Å². The molecule has 0 spiro atoms. The Hall–Kier alpha value is -4.10. The van der Waals surface area contributed by atoms with Crippen molar-refractivity contribution >= 4 is 33.1 Å². The Morgan fingerprint density at radius 2 is 1.55 bits per heavy atom. The van der Waals surface area contributed by atoms with E-state index in [0.29, 0.717) is 11.5 Å². The number of anilines is 2. The van der Waals surface area contributed by atoms with Crippen molar-refractivity contribution in [1.82, 2.24) is 9.97 Å². The van der Waals surface area contributed by atoms with Gasteiger partial charge in [0.2, 0.25) is 0 Å². The zero-order valence-electron chi connectivity index (χ0n) is 18.1. The topological polar surface area (TPSA) is 65.5 Å². The molecular weight excluding hydrogens is 434 g/mol. The van der Waals surface area contributed by atoms with Crippen molar-refractivity contribution in [3.05, 3.63) is 84.5 Å². The number of nitrogens with zero attached hydrogens (tertiary/aromatic N) is 2. The number of rotatable bonds is 7. The Labute approximate surface area is 195 Å². The fourth-order valence-corrected chi connectivity index (χ4v) is 4.47. The summed E-state index contributed by atoms with van der Waals surface area (Å²) < 4.78 is 16.7. The van der Waals surface area contributed by atoms with Crippen LogP contribution in [0.3, 0.4) is 0 Å². The summed E-state index contributed by atoms with van der Waals surface area (Å²) in [5.41, 5.74) is 2.94. The normalized spacial score (nSPS) is 10.7. The van der Waals surface area contributed by atoms with Crippen LogP contribution in [0.25, 0.3) is 21.3 Å². The summed E-state index contributed by atoms with van der Waals surface area (Å²) in [5.74, 6) is 3.67. The zero-order valence-corrected chi connectivity index (χ0v) is 18.9. The maximum Gasteiger partial charge on any atom is 0.161 e. The van der Waals surface area contributed by atoms with Crippen LogP contribution in [0.4, 0.5) is 11.5 Å². The van der Waals surface area contributed by atoms with Crippen molar-refractivity contribution in [2.24, 2.45) is 0 Å². The second kappa shape index (κ2) is 9.18. The van der Waals surface area contributed by atoms with E-state index in [4.69, 9.17) is 14.2 Å². The standard InChI is InChI=1S/C26H21N3O3S/c1-30-22-13-8-17(14-23(22)31-2)21-15-33-26-24(21)25(27-16-28-26)29-18-9-11-20(12-10-18)32-19-6-4-3-5-7-19/h3-16H,1-2H3,(H,27,28,29). The molecule has 0 aliphatic carbocycles. The third kappa shape index (κ3) is 4.31. The van der Waals surface area contributed by atoms with Crippen molar-refractivity contribution in [3.8, 4) is 34.1 Å². The molecule has 0 aliphatic rings. The van der Waals surface area contributed by atoms with Gasteiger partial charge in [-0.2, -0.15) is 0 Å². The smallest absolute Gasteiger partial charge is 0.161 e. The highest BCUT2D eigenvalue weighted by Gasteiger charge is 2.15. The van der Waals surface area contributed by atoms with Gasteiger partial charge in [0, 0.05) is 16.6 Å². The van der Waals surface area contributed by atoms with Crippen LogP contribution in [0.2, 0.25) is 0 Å². The maximum atomic E-state index is 5.89. The summed E-state index contributed by atoms with van der Waals surface area (Å²) in [6.45, 7) is 0. The van der Waals surface area contributed by atoms with Crippen LogP contribution in [-0.2, 0) is 0 Å². The average Bonchev–Trinajstić information content (AvgIpc) is 3.31. The maximum absolute atomic E-state index is 5.89. The first-order chi connectivity index (χ1) is 16.2. The molecule has 0 fully saturated rings. The van der Waals surface area contributed by atoms with Crippen LogP contribution < -0.4 is 19.5 Å². The van der Waals surface area contributed by atoms with E-state index in [1.165, 1.54) is 0 Å². The third-order valence-electron chi connectivity index (χ3n) is 5.16. The monoisotopic (exact) mass is 455 g/mol. The van der Waals surface area contributed by atoms with Gasteiger partial charge in [0.15, 0.2) is 11.5 Å². The molecule has 0 aliphatic heterocycles. The largest absolute Gasteiger partial charge is 0.493 e. The molecule has 2 heterocycles. The number of fused-ring (bicyclic) bond motifs is 1. The highest BCUT2D eigenvalue weighted by atomic mass is 32.1. The summed E-state index contributed by atoms with van der Waals surface area (Å²) in [7, 11) is 3.26. The average molecular weight is 456 g/mol. The van der Waals surface area contributed by atoms with Crippen LogP contribution >= 0.6 is 11.3 Å². The number of thiophene rings is 1. The lowest BCUT2D eigenvalue weighted by Gasteiger charge is -2.11. The van der Waals surface area contributed by atoms with E-state index in [9.17, 15) is 0 Å². The van der Waals surface area contributed by atoms with Gasteiger partial charge in [-0.15, -0.1) is 11.3 Å². The molecule has 5 rings (SSSR count). The van der Waals surface area contributed by atoms with Crippen molar-refractivity contribution in [2.45, 2.75) is 0 Å². The van der Waals surface area contributed by atoms with Crippen molar-refractivity contribution in [2.75, 3.05) is 19.5 Å². The Kier molecular flexibility index (Phi) is 5.78. The number of hydrogen-bond donors (Lipinski definition) is 1.